The van der Waals surface area contributed by atoms with Gasteiger partial charge >= 0.3 is 5.97 Å². The van der Waals surface area contributed by atoms with Gasteiger partial charge < -0.3 is 14.5 Å². The van der Waals surface area contributed by atoms with E-state index in [2.05, 4.69) is 14.3 Å². The van der Waals surface area contributed by atoms with Crippen molar-refractivity contribution in [1.82, 2.24) is 14.3 Å². The van der Waals surface area contributed by atoms with E-state index in [4.69, 9.17) is 4.74 Å². The smallest absolute Gasteiger partial charge is 0.306 e. The molecule has 1 atom stereocenters. The number of aromatic nitrogens is 2. The fraction of sp³-hybridized carbons (Fsp3) is 0.500. The van der Waals surface area contributed by atoms with Crippen LogP contribution in [0.1, 0.15) is 38.1 Å². The number of esters is 1. The molecule has 9 heteroatoms. The predicted molar refractivity (Wildman–Crippen MR) is 108 cm³/mol. The lowest BCUT2D eigenvalue weighted by molar-refractivity contribution is -0.146. The molecule has 1 aliphatic heterocycles. The summed E-state index contributed by atoms with van der Waals surface area (Å²) < 4.78 is 22.3. The maximum absolute atomic E-state index is 13.0. The van der Waals surface area contributed by atoms with Crippen molar-refractivity contribution in [3.8, 4) is 0 Å². The second-order valence-electron chi connectivity index (χ2n) is 6.98. The first-order valence-electron chi connectivity index (χ1n) is 9.73. The number of rotatable bonds is 7. The second kappa shape index (κ2) is 9.78. The topological polar surface area (TPSA) is 75.6 Å². The van der Waals surface area contributed by atoms with E-state index in [9.17, 15) is 14.0 Å². The van der Waals surface area contributed by atoms with Gasteiger partial charge in [-0.1, -0.05) is 12.1 Å². The highest BCUT2D eigenvalue weighted by Crippen LogP contribution is 2.23. The minimum absolute atomic E-state index is 0.0166. The predicted octanol–water partition coefficient (Wildman–Crippen LogP) is 2.65. The quantitative estimate of drug-likeness (QED) is 0.641. The van der Waals surface area contributed by atoms with Gasteiger partial charge in [0.1, 0.15) is 11.6 Å². The Bertz CT molecular complexity index is 843. The molecule has 1 saturated heterocycles. The molecule has 1 aromatic carbocycles. The zero-order chi connectivity index (χ0) is 20.8. The summed E-state index contributed by atoms with van der Waals surface area (Å²) in [6.45, 7) is 5.98. The molecule has 7 nitrogen and oxygen atoms in total. The van der Waals surface area contributed by atoms with Crippen LogP contribution in [0.2, 0.25) is 0 Å². The average molecular weight is 421 g/mol. The normalized spacial score (nSPS) is 16.7. The Morgan fingerprint density at radius 3 is 2.69 bits per heavy atom. The summed E-state index contributed by atoms with van der Waals surface area (Å²) in [5, 5.41) is 0.826. The van der Waals surface area contributed by atoms with Gasteiger partial charge in [0.25, 0.3) is 0 Å². The molecular weight excluding hydrogens is 395 g/mol. The first-order valence-corrected chi connectivity index (χ1v) is 10.5. The van der Waals surface area contributed by atoms with Crippen molar-refractivity contribution in [1.29, 1.82) is 0 Å². The molecule has 0 aliphatic carbocycles. The molecule has 0 spiro atoms. The van der Waals surface area contributed by atoms with Gasteiger partial charge in [0, 0.05) is 50.1 Å². The molecule has 3 rings (SSSR count). The molecule has 2 aromatic rings. The second-order valence-corrected chi connectivity index (χ2v) is 7.71. The third kappa shape index (κ3) is 5.72. The summed E-state index contributed by atoms with van der Waals surface area (Å²) in [5.74, 6) is 0.0793. The van der Waals surface area contributed by atoms with Crippen LogP contribution in [0.25, 0.3) is 0 Å². The van der Waals surface area contributed by atoms with Crippen molar-refractivity contribution in [2.75, 3.05) is 31.1 Å². The minimum Gasteiger partial charge on any atom is -0.466 e. The molecule has 1 aliphatic rings. The maximum atomic E-state index is 13.0. The van der Waals surface area contributed by atoms with Crippen LogP contribution in [-0.2, 0) is 20.7 Å². The highest BCUT2D eigenvalue weighted by atomic mass is 32.1. The molecule has 1 unspecified atom stereocenters. The third-order valence-electron chi connectivity index (χ3n) is 4.80. The van der Waals surface area contributed by atoms with E-state index in [1.165, 1.54) is 23.7 Å². The van der Waals surface area contributed by atoms with Crippen LogP contribution < -0.4 is 4.90 Å². The molecule has 2 heterocycles. The Balaban J connectivity index is 1.53. The number of amides is 1. The van der Waals surface area contributed by atoms with Crippen LogP contribution in [0.4, 0.5) is 9.52 Å². The molecule has 1 aromatic heterocycles. The van der Waals surface area contributed by atoms with Gasteiger partial charge in [0.05, 0.1) is 13.0 Å². The van der Waals surface area contributed by atoms with Crippen molar-refractivity contribution in [3.05, 3.63) is 41.5 Å². The molecule has 0 bridgehead atoms. The van der Waals surface area contributed by atoms with E-state index in [1.54, 1.807) is 19.1 Å². The Morgan fingerprint density at radius 2 is 2.00 bits per heavy atom. The summed E-state index contributed by atoms with van der Waals surface area (Å²) in [6.07, 6.45) is 0.838. The summed E-state index contributed by atoms with van der Waals surface area (Å²) >= 11 is 1.34. The number of anilines is 1. The van der Waals surface area contributed by atoms with Gasteiger partial charge in [-0.15, -0.1) is 0 Å². The lowest BCUT2D eigenvalue weighted by atomic mass is 10.1. The van der Waals surface area contributed by atoms with E-state index < -0.39 is 0 Å². The van der Waals surface area contributed by atoms with Crippen molar-refractivity contribution in [3.63, 3.8) is 0 Å². The number of hydrogen-bond donors (Lipinski definition) is 0. The highest BCUT2D eigenvalue weighted by molar-refractivity contribution is 7.09. The molecule has 156 valence electrons. The van der Waals surface area contributed by atoms with Gasteiger partial charge in [-0.2, -0.15) is 4.37 Å². The lowest BCUT2D eigenvalue weighted by Crippen LogP contribution is -2.54. The number of carbonyl (C=O) groups excluding carboxylic acids is 2. The van der Waals surface area contributed by atoms with Crippen LogP contribution in [0.5, 0.6) is 0 Å². The van der Waals surface area contributed by atoms with E-state index in [0.29, 0.717) is 38.5 Å². The van der Waals surface area contributed by atoms with Crippen molar-refractivity contribution in [2.45, 2.75) is 39.2 Å². The Morgan fingerprint density at radius 1 is 1.24 bits per heavy atom. The lowest BCUT2D eigenvalue weighted by Gasteiger charge is -2.39. The zero-order valence-electron chi connectivity index (χ0n) is 16.6. The van der Waals surface area contributed by atoms with Crippen molar-refractivity contribution in [2.24, 2.45) is 0 Å². The molecule has 0 saturated carbocycles. The number of halogens is 1. The first kappa shape index (κ1) is 21.2. The van der Waals surface area contributed by atoms with Crippen molar-refractivity contribution >= 4 is 28.5 Å². The standard InChI is InChI=1S/C20H25FN4O3S/c1-3-28-19(27)9-8-18(26)25-11-10-24(13-14(25)2)20-22-17(23-29-20)12-15-4-6-16(21)7-5-15/h4-7,14H,3,8-13H2,1-2H3. The Kier molecular flexibility index (Phi) is 7.13. The molecule has 29 heavy (non-hydrogen) atoms. The van der Waals surface area contributed by atoms with Crippen molar-refractivity contribution < 1.29 is 18.7 Å². The largest absolute Gasteiger partial charge is 0.466 e. The number of hydrogen-bond acceptors (Lipinski definition) is 7. The van der Waals surface area contributed by atoms with Crippen LogP contribution in [0, 0.1) is 5.82 Å². The van der Waals surface area contributed by atoms with Gasteiger partial charge in [0.2, 0.25) is 11.0 Å². The van der Waals surface area contributed by atoms with Crippen LogP contribution in [-0.4, -0.2) is 58.4 Å². The maximum Gasteiger partial charge on any atom is 0.306 e. The molecular formula is C20H25FN4O3S. The van der Waals surface area contributed by atoms with Gasteiger partial charge in [-0.3, -0.25) is 9.59 Å². The Labute approximate surface area is 173 Å². The molecule has 1 amide bonds. The highest BCUT2D eigenvalue weighted by Gasteiger charge is 2.29. The van der Waals surface area contributed by atoms with Crippen LogP contribution in [0.15, 0.2) is 24.3 Å². The number of nitrogens with zero attached hydrogens (tertiary/aromatic N) is 4. The average Bonchev–Trinajstić information content (AvgIpc) is 3.16. The van der Waals surface area contributed by atoms with Gasteiger partial charge in [0.15, 0.2) is 0 Å². The zero-order valence-corrected chi connectivity index (χ0v) is 17.5. The first-order chi connectivity index (χ1) is 14.0. The fourth-order valence-electron chi connectivity index (χ4n) is 3.32. The van der Waals surface area contributed by atoms with E-state index in [0.717, 1.165) is 10.7 Å². The number of carbonyl (C=O) groups is 2. The van der Waals surface area contributed by atoms with E-state index >= 15 is 0 Å². The van der Waals surface area contributed by atoms with E-state index in [-0.39, 0.29) is 36.6 Å². The van der Waals surface area contributed by atoms with Crippen LogP contribution >= 0.6 is 11.5 Å². The number of benzene rings is 1. The van der Waals surface area contributed by atoms with Crippen LogP contribution in [0.3, 0.4) is 0 Å². The summed E-state index contributed by atoms with van der Waals surface area (Å²) in [5.41, 5.74) is 0.959. The van der Waals surface area contributed by atoms with Gasteiger partial charge in [-0.25, -0.2) is 9.37 Å². The van der Waals surface area contributed by atoms with Gasteiger partial charge in [-0.05, 0) is 31.5 Å². The number of ether oxygens (including phenoxy) is 1. The SMILES string of the molecule is CCOC(=O)CCC(=O)N1CCN(c2nc(Cc3ccc(F)cc3)ns2)CC1C. The molecule has 0 N–H and O–H groups in total. The fourth-order valence-corrected chi connectivity index (χ4v) is 4.04. The summed E-state index contributed by atoms with van der Waals surface area (Å²) in [4.78, 5) is 32.5. The minimum atomic E-state index is -0.338. The Hall–Kier alpha value is -2.55. The summed E-state index contributed by atoms with van der Waals surface area (Å²) in [7, 11) is 0. The molecule has 1 fully saturated rings. The summed E-state index contributed by atoms with van der Waals surface area (Å²) in [6, 6.07) is 6.35. The van der Waals surface area contributed by atoms with E-state index in [1.807, 2.05) is 11.8 Å². The third-order valence-corrected chi connectivity index (χ3v) is 5.61. The molecule has 0 radical (unpaired) electrons. The monoisotopic (exact) mass is 420 g/mol. The number of piperazine rings is 1.